The number of ether oxygens (including phenoxy) is 2. The van der Waals surface area contributed by atoms with Gasteiger partial charge in [-0.3, -0.25) is 14.5 Å². The topological polar surface area (TPSA) is 109 Å². The lowest BCUT2D eigenvalue weighted by Gasteiger charge is -2.32. The Balaban J connectivity index is 1.65. The molecule has 8 nitrogen and oxygen atoms in total. The van der Waals surface area contributed by atoms with E-state index >= 15 is 0 Å². The molecule has 2 amide bonds. The number of imide groups is 1. The van der Waals surface area contributed by atoms with E-state index in [0.717, 1.165) is 21.7 Å². The molecule has 39 heavy (non-hydrogen) atoms. The maximum atomic E-state index is 13.8. The minimum atomic E-state index is -1.22. The van der Waals surface area contributed by atoms with Crippen LogP contribution in [0.5, 0.6) is 0 Å². The zero-order valence-electron chi connectivity index (χ0n) is 22.1. The predicted molar refractivity (Wildman–Crippen MR) is 145 cm³/mol. The number of carbonyl (C=O) groups excluding carboxylic acids is 3. The summed E-state index contributed by atoms with van der Waals surface area (Å²) in [6.45, 7) is 4.31. The van der Waals surface area contributed by atoms with Gasteiger partial charge in [0.05, 0.1) is 29.1 Å². The van der Waals surface area contributed by atoms with Gasteiger partial charge in [-0.25, -0.2) is 4.79 Å². The summed E-state index contributed by atoms with van der Waals surface area (Å²) in [6, 6.07) is 16.4. The summed E-state index contributed by atoms with van der Waals surface area (Å²) in [5.74, 6) is -2.27. The van der Waals surface area contributed by atoms with E-state index in [9.17, 15) is 19.6 Å². The molecule has 0 aliphatic carbocycles. The third-order valence-corrected chi connectivity index (χ3v) is 7.43. The van der Waals surface area contributed by atoms with E-state index in [-0.39, 0.29) is 23.6 Å². The Morgan fingerprint density at radius 1 is 1.13 bits per heavy atom. The van der Waals surface area contributed by atoms with Crippen LogP contribution in [0, 0.1) is 11.3 Å². The molecule has 202 valence electrons. The highest BCUT2D eigenvalue weighted by atomic mass is 35.5. The van der Waals surface area contributed by atoms with Crippen molar-refractivity contribution >= 4 is 29.4 Å². The molecule has 9 heteroatoms. The summed E-state index contributed by atoms with van der Waals surface area (Å²) in [4.78, 5) is 40.7. The molecule has 0 radical (unpaired) electrons. The first-order valence-electron chi connectivity index (χ1n) is 12.7. The second-order valence-corrected chi connectivity index (χ2v) is 9.94. The van der Waals surface area contributed by atoms with Crippen LogP contribution in [0.1, 0.15) is 55.7 Å². The molecule has 0 aromatic heterocycles. The Morgan fingerprint density at radius 3 is 2.56 bits per heavy atom. The summed E-state index contributed by atoms with van der Waals surface area (Å²) in [6.07, 6.45) is -0.149. The molecule has 0 spiro atoms. The van der Waals surface area contributed by atoms with Crippen molar-refractivity contribution in [3.8, 4) is 6.07 Å². The largest absolute Gasteiger partial charge is 0.448 e. The van der Waals surface area contributed by atoms with E-state index in [2.05, 4.69) is 11.4 Å². The third kappa shape index (κ3) is 5.90. The van der Waals surface area contributed by atoms with Gasteiger partial charge in [-0.1, -0.05) is 54.1 Å². The number of hydrogen-bond acceptors (Lipinski definition) is 7. The highest BCUT2D eigenvalue weighted by Gasteiger charge is 2.43. The number of halogens is 1. The van der Waals surface area contributed by atoms with Crippen molar-refractivity contribution in [3.05, 3.63) is 92.8 Å². The number of dihydropyridines is 1. The van der Waals surface area contributed by atoms with Gasteiger partial charge < -0.3 is 14.8 Å². The smallest absolute Gasteiger partial charge is 0.337 e. The van der Waals surface area contributed by atoms with Gasteiger partial charge in [-0.2, -0.15) is 5.26 Å². The molecule has 2 aliphatic rings. The van der Waals surface area contributed by atoms with Gasteiger partial charge in [0.25, 0.3) is 5.91 Å². The molecule has 2 atom stereocenters. The standard InChI is InChI=1S/C30H30ClN3O5/c1-18-22(13-8-14-38-3)27(23-12-7-11-21(16-32)28(23)31)26(19(2)33-18)30(37)39-24-15-25(35)34(29(24)36)17-20-9-5-4-6-10-20/h4-7,9-12,24,27,33H,8,13-15,17H2,1-3H3. The number of hydrogen-bond donors (Lipinski definition) is 1. The molecule has 2 aliphatic heterocycles. The summed E-state index contributed by atoms with van der Waals surface area (Å²) in [7, 11) is 1.62. The van der Waals surface area contributed by atoms with Gasteiger partial charge in [-0.05, 0) is 49.5 Å². The maximum Gasteiger partial charge on any atom is 0.337 e. The van der Waals surface area contributed by atoms with E-state index in [1.807, 2.05) is 37.3 Å². The lowest BCUT2D eigenvalue weighted by molar-refractivity contribution is -0.153. The normalized spacial score (nSPS) is 19.3. The van der Waals surface area contributed by atoms with Crippen LogP contribution in [0.2, 0.25) is 5.02 Å². The molecule has 1 saturated heterocycles. The first-order valence-corrected chi connectivity index (χ1v) is 13.1. The molecule has 1 fully saturated rings. The Hall–Kier alpha value is -3.93. The van der Waals surface area contributed by atoms with Crippen LogP contribution in [0.3, 0.4) is 0 Å². The van der Waals surface area contributed by atoms with E-state index in [1.54, 1.807) is 32.2 Å². The number of nitrogens with zero attached hydrogens (tertiary/aromatic N) is 2. The van der Waals surface area contributed by atoms with Gasteiger partial charge in [-0.15, -0.1) is 0 Å². The first kappa shape index (κ1) is 28.1. The fourth-order valence-electron chi connectivity index (χ4n) is 5.12. The van der Waals surface area contributed by atoms with Gasteiger partial charge in [0.1, 0.15) is 6.07 Å². The molecule has 2 aromatic carbocycles. The first-order chi connectivity index (χ1) is 18.8. The number of esters is 1. The molecular formula is C30H30ClN3O5. The fraction of sp³-hybridized carbons (Fsp3) is 0.333. The number of benzene rings is 2. The number of likely N-dealkylation sites (tertiary alicyclic amines) is 1. The minimum absolute atomic E-state index is 0.112. The fourth-order valence-corrected chi connectivity index (χ4v) is 5.40. The number of rotatable bonds is 9. The monoisotopic (exact) mass is 547 g/mol. The molecule has 0 bridgehead atoms. The van der Waals surface area contributed by atoms with Crippen molar-refractivity contribution in [1.29, 1.82) is 5.26 Å². The molecule has 2 aromatic rings. The second-order valence-electron chi connectivity index (χ2n) is 9.57. The van der Waals surface area contributed by atoms with Crippen molar-refractivity contribution in [1.82, 2.24) is 10.2 Å². The van der Waals surface area contributed by atoms with E-state index in [4.69, 9.17) is 21.1 Å². The van der Waals surface area contributed by atoms with E-state index in [0.29, 0.717) is 36.3 Å². The van der Waals surface area contributed by atoms with Crippen LogP contribution < -0.4 is 5.32 Å². The lowest BCUT2D eigenvalue weighted by atomic mass is 9.78. The van der Waals surface area contributed by atoms with Crippen LogP contribution in [0.25, 0.3) is 0 Å². The van der Waals surface area contributed by atoms with Gasteiger partial charge >= 0.3 is 5.97 Å². The van der Waals surface area contributed by atoms with E-state index in [1.165, 1.54) is 0 Å². The SMILES string of the molecule is COCCCC1=C(C)NC(C)=C(C(=O)OC2CC(=O)N(Cc3ccccc3)C2=O)C1c1cccc(C#N)c1Cl. The molecular weight excluding hydrogens is 518 g/mol. The van der Waals surface area contributed by atoms with E-state index < -0.39 is 29.8 Å². The summed E-state index contributed by atoms with van der Waals surface area (Å²) >= 11 is 6.67. The zero-order chi connectivity index (χ0) is 28.1. The highest BCUT2D eigenvalue weighted by Crippen LogP contribution is 2.44. The summed E-state index contributed by atoms with van der Waals surface area (Å²) < 4.78 is 11.0. The Bertz CT molecular complexity index is 1390. The minimum Gasteiger partial charge on any atom is -0.448 e. The van der Waals surface area contributed by atoms with Crippen molar-refractivity contribution in [2.75, 3.05) is 13.7 Å². The molecule has 0 saturated carbocycles. The van der Waals surface area contributed by atoms with Gasteiger partial charge in [0.15, 0.2) is 6.10 Å². The number of amides is 2. The van der Waals surface area contributed by atoms with Crippen LogP contribution in [0.15, 0.2) is 71.1 Å². The molecule has 2 unspecified atom stereocenters. The highest BCUT2D eigenvalue weighted by molar-refractivity contribution is 6.32. The average Bonchev–Trinajstić information content (AvgIpc) is 3.17. The molecule has 2 heterocycles. The van der Waals surface area contributed by atoms with Crippen LogP contribution in [-0.4, -0.2) is 42.5 Å². The maximum absolute atomic E-state index is 13.8. The second kappa shape index (κ2) is 12.3. The molecule has 4 rings (SSSR count). The van der Waals surface area contributed by atoms with Crippen molar-refractivity contribution < 1.29 is 23.9 Å². The Labute approximate surface area is 232 Å². The zero-order valence-corrected chi connectivity index (χ0v) is 22.9. The average molecular weight is 548 g/mol. The predicted octanol–water partition coefficient (Wildman–Crippen LogP) is 4.74. The van der Waals surface area contributed by atoms with Crippen molar-refractivity contribution in [3.63, 3.8) is 0 Å². The Morgan fingerprint density at radius 2 is 1.87 bits per heavy atom. The number of nitrogens with one attached hydrogen (secondary N) is 1. The van der Waals surface area contributed by atoms with Crippen molar-refractivity contribution in [2.24, 2.45) is 0 Å². The quantitative estimate of drug-likeness (QED) is 0.274. The third-order valence-electron chi connectivity index (χ3n) is 7.01. The lowest BCUT2D eigenvalue weighted by Crippen LogP contribution is -2.35. The van der Waals surface area contributed by atoms with Crippen LogP contribution >= 0.6 is 11.6 Å². The van der Waals surface area contributed by atoms with Crippen LogP contribution in [-0.2, 0) is 30.4 Å². The van der Waals surface area contributed by atoms with Gasteiger partial charge in [0, 0.05) is 31.0 Å². The number of allylic oxidation sites excluding steroid dienone is 3. The Kier molecular flexibility index (Phi) is 8.85. The number of nitriles is 1. The summed E-state index contributed by atoms with van der Waals surface area (Å²) in [5.41, 5.74) is 4.29. The van der Waals surface area contributed by atoms with Crippen molar-refractivity contribution in [2.45, 2.75) is 51.7 Å². The van der Waals surface area contributed by atoms with Gasteiger partial charge in [0.2, 0.25) is 5.91 Å². The number of carbonyl (C=O) groups is 3. The van der Waals surface area contributed by atoms with Crippen LogP contribution in [0.4, 0.5) is 0 Å². The summed E-state index contributed by atoms with van der Waals surface area (Å²) in [5, 5.41) is 13.1. The number of methoxy groups -OCH3 is 1. The molecule has 1 N–H and O–H groups in total.